The summed E-state index contributed by atoms with van der Waals surface area (Å²) in [6.07, 6.45) is 2.99. The first-order chi connectivity index (χ1) is 9.65. The molecule has 0 bridgehead atoms. The van der Waals surface area contributed by atoms with Gasteiger partial charge in [0.15, 0.2) is 5.69 Å². The van der Waals surface area contributed by atoms with Crippen LogP contribution in [0.5, 0.6) is 0 Å². The van der Waals surface area contributed by atoms with Gasteiger partial charge in [0.05, 0.1) is 24.8 Å². The Hall–Kier alpha value is -2.49. The number of urea groups is 1. The van der Waals surface area contributed by atoms with Crippen molar-refractivity contribution in [1.29, 1.82) is 0 Å². The number of carbonyl (C=O) groups excluding carboxylic acids is 1. The summed E-state index contributed by atoms with van der Waals surface area (Å²) in [7, 11) is 0. The molecule has 20 heavy (non-hydrogen) atoms. The zero-order chi connectivity index (χ0) is 14.4. The normalized spacial score (nSPS) is 10.2. The van der Waals surface area contributed by atoms with Crippen molar-refractivity contribution >= 4 is 23.3 Å². The minimum Gasteiger partial charge on any atom is -0.476 e. The van der Waals surface area contributed by atoms with Gasteiger partial charge in [-0.05, 0) is 0 Å². The average Bonchev–Trinajstić information content (AvgIpc) is 3.07. The Kier molecular flexibility index (Phi) is 4.60. The largest absolute Gasteiger partial charge is 0.476 e. The Morgan fingerprint density at radius 2 is 2.25 bits per heavy atom. The lowest BCUT2D eigenvalue weighted by Gasteiger charge is -2.06. The van der Waals surface area contributed by atoms with E-state index < -0.39 is 5.97 Å². The molecule has 2 aromatic rings. The van der Waals surface area contributed by atoms with Crippen LogP contribution in [0.2, 0.25) is 0 Å². The van der Waals surface area contributed by atoms with E-state index in [1.54, 1.807) is 11.7 Å². The second-order valence-electron chi connectivity index (χ2n) is 3.75. The van der Waals surface area contributed by atoms with E-state index in [1.807, 2.05) is 0 Å². The molecule has 0 aliphatic carbocycles. The molecule has 2 rings (SSSR count). The quantitative estimate of drug-likeness (QED) is 0.686. The fourth-order valence-electron chi connectivity index (χ4n) is 1.35. The van der Waals surface area contributed by atoms with E-state index in [1.165, 1.54) is 22.2 Å². The molecule has 0 unspecified atom stereocenters. The van der Waals surface area contributed by atoms with Crippen LogP contribution in [0.25, 0.3) is 0 Å². The molecule has 0 fully saturated rings. The second-order valence-corrected chi connectivity index (χ2v) is 4.72. The van der Waals surface area contributed by atoms with Crippen LogP contribution in [0.3, 0.4) is 0 Å². The van der Waals surface area contributed by atoms with Gasteiger partial charge >= 0.3 is 12.0 Å². The summed E-state index contributed by atoms with van der Waals surface area (Å²) < 4.78 is 1.35. The van der Waals surface area contributed by atoms with Crippen LogP contribution < -0.4 is 10.6 Å². The Labute approximate surface area is 117 Å². The zero-order valence-electron chi connectivity index (χ0n) is 10.3. The number of hydrogen-bond donors (Lipinski definition) is 3. The van der Waals surface area contributed by atoms with Crippen LogP contribution in [0, 0.1) is 0 Å². The SMILES string of the molecule is O=C(NCCn1cc(C(=O)O)nn1)NCc1cncs1. The number of nitrogens with one attached hydrogen (secondary N) is 2. The van der Waals surface area contributed by atoms with Gasteiger partial charge in [0.1, 0.15) is 0 Å². The van der Waals surface area contributed by atoms with Gasteiger partial charge in [-0.2, -0.15) is 0 Å². The Morgan fingerprint density at radius 1 is 1.40 bits per heavy atom. The highest BCUT2D eigenvalue weighted by molar-refractivity contribution is 7.09. The van der Waals surface area contributed by atoms with E-state index in [4.69, 9.17) is 5.11 Å². The van der Waals surface area contributed by atoms with E-state index >= 15 is 0 Å². The minimum atomic E-state index is -1.13. The lowest BCUT2D eigenvalue weighted by atomic mass is 10.5. The Morgan fingerprint density at radius 3 is 2.90 bits per heavy atom. The third kappa shape index (κ3) is 4.02. The van der Waals surface area contributed by atoms with Crippen molar-refractivity contribution in [2.24, 2.45) is 0 Å². The van der Waals surface area contributed by atoms with Crippen molar-refractivity contribution in [1.82, 2.24) is 30.6 Å². The molecule has 2 amide bonds. The molecule has 10 heteroatoms. The van der Waals surface area contributed by atoms with Crippen molar-refractivity contribution in [2.75, 3.05) is 6.54 Å². The van der Waals surface area contributed by atoms with Crippen LogP contribution >= 0.6 is 11.3 Å². The van der Waals surface area contributed by atoms with E-state index in [2.05, 4.69) is 25.9 Å². The van der Waals surface area contributed by atoms with Gasteiger partial charge in [-0.1, -0.05) is 5.21 Å². The van der Waals surface area contributed by atoms with Crippen molar-refractivity contribution in [3.8, 4) is 0 Å². The molecule has 0 aliphatic heterocycles. The maximum Gasteiger partial charge on any atom is 0.358 e. The summed E-state index contributed by atoms with van der Waals surface area (Å²) in [5.74, 6) is -1.13. The summed E-state index contributed by atoms with van der Waals surface area (Å²) in [5.41, 5.74) is 1.57. The van der Waals surface area contributed by atoms with Crippen molar-refractivity contribution in [3.05, 3.63) is 28.5 Å². The molecule has 0 saturated carbocycles. The first-order valence-corrected chi connectivity index (χ1v) is 6.55. The molecule has 0 atom stereocenters. The number of carboxylic acids is 1. The predicted molar refractivity (Wildman–Crippen MR) is 69.3 cm³/mol. The molecule has 0 radical (unpaired) electrons. The molecule has 2 heterocycles. The molecule has 0 aromatic carbocycles. The smallest absolute Gasteiger partial charge is 0.358 e. The van der Waals surface area contributed by atoms with Crippen LogP contribution in [-0.2, 0) is 13.1 Å². The summed E-state index contributed by atoms with van der Waals surface area (Å²) in [5, 5.41) is 21.1. The van der Waals surface area contributed by atoms with E-state index in [9.17, 15) is 9.59 Å². The van der Waals surface area contributed by atoms with Gasteiger partial charge in [0.25, 0.3) is 0 Å². The molecule has 0 saturated heterocycles. The zero-order valence-corrected chi connectivity index (χ0v) is 11.1. The van der Waals surface area contributed by atoms with E-state index in [0.29, 0.717) is 19.6 Å². The number of carbonyl (C=O) groups is 2. The molecule has 106 valence electrons. The number of carboxylic acid groups (broad SMARTS) is 1. The van der Waals surface area contributed by atoms with Gasteiger partial charge in [-0.15, -0.1) is 16.4 Å². The van der Waals surface area contributed by atoms with Crippen molar-refractivity contribution in [3.63, 3.8) is 0 Å². The summed E-state index contributed by atoms with van der Waals surface area (Å²) in [6.45, 7) is 1.08. The molecule has 0 spiro atoms. The molecule has 2 aromatic heterocycles. The Bertz CT molecular complexity index is 582. The number of hydrogen-bond acceptors (Lipinski definition) is 6. The second kappa shape index (κ2) is 6.61. The predicted octanol–water partition coefficient (Wildman–Crippen LogP) is -0.0678. The molecular weight excluding hydrogens is 284 g/mol. The number of amides is 2. The van der Waals surface area contributed by atoms with Crippen LogP contribution in [0.4, 0.5) is 4.79 Å². The van der Waals surface area contributed by atoms with Gasteiger partial charge < -0.3 is 15.7 Å². The van der Waals surface area contributed by atoms with Gasteiger partial charge in [0, 0.05) is 17.6 Å². The highest BCUT2D eigenvalue weighted by atomic mass is 32.1. The van der Waals surface area contributed by atoms with Gasteiger partial charge in [-0.3, -0.25) is 4.98 Å². The average molecular weight is 296 g/mol. The number of thiazole rings is 1. The van der Waals surface area contributed by atoms with Gasteiger partial charge in [0.2, 0.25) is 0 Å². The highest BCUT2D eigenvalue weighted by Crippen LogP contribution is 2.03. The molecular formula is C10H12N6O3S. The fourth-order valence-corrected chi connectivity index (χ4v) is 1.88. The van der Waals surface area contributed by atoms with Crippen LogP contribution in [-0.4, -0.2) is 43.6 Å². The molecule has 9 nitrogen and oxygen atoms in total. The summed E-state index contributed by atoms with van der Waals surface area (Å²) in [4.78, 5) is 26.9. The third-order valence-corrected chi connectivity index (χ3v) is 3.07. The lowest BCUT2D eigenvalue weighted by molar-refractivity contribution is 0.0690. The van der Waals surface area contributed by atoms with Gasteiger partial charge in [-0.25, -0.2) is 14.3 Å². The number of aromatic carboxylic acids is 1. The van der Waals surface area contributed by atoms with E-state index in [-0.39, 0.29) is 11.7 Å². The van der Waals surface area contributed by atoms with Crippen LogP contribution in [0.1, 0.15) is 15.4 Å². The summed E-state index contributed by atoms with van der Waals surface area (Å²) in [6, 6.07) is -0.308. The topological polar surface area (TPSA) is 122 Å². The molecule has 3 N–H and O–H groups in total. The van der Waals surface area contributed by atoms with Crippen LogP contribution in [0.15, 0.2) is 17.9 Å². The maximum absolute atomic E-state index is 11.5. The lowest BCUT2D eigenvalue weighted by Crippen LogP contribution is -2.36. The number of rotatable bonds is 6. The van der Waals surface area contributed by atoms with E-state index in [0.717, 1.165) is 4.88 Å². The highest BCUT2D eigenvalue weighted by Gasteiger charge is 2.08. The fraction of sp³-hybridized carbons (Fsp3) is 0.300. The number of aromatic nitrogens is 4. The Balaban J connectivity index is 1.67. The monoisotopic (exact) mass is 296 g/mol. The maximum atomic E-state index is 11.5. The molecule has 0 aliphatic rings. The first kappa shape index (κ1) is 13.9. The summed E-state index contributed by atoms with van der Waals surface area (Å²) >= 11 is 1.46. The standard InChI is InChI=1S/C10H12N6O3S/c17-9(18)8-5-16(15-14-8)2-1-12-10(19)13-4-7-3-11-6-20-7/h3,5-6H,1-2,4H2,(H,17,18)(H2,12,13,19). The number of nitrogens with zero attached hydrogens (tertiary/aromatic N) is 4. The third-order valence-electron chi connectivity index (χ3n) is 2.29. The minimum absolute atomic E-state index is 0.125. The van der Waals surface area contributed by atoms with Crippen molar-refractivity contribution < 1.29 is 14.7 Å². The van der Waals surface area contributed by atoms with Crippen molar-refractivity contribution in [2.45, 2.75) is 13.1 Å². The first-order valence-electron chi connectivity index (χ1n) is 5.67.